The van der Waals surface area contributed by atoms with Crippen LogP contribution in [0.4, 0.5) is 0 Å². The molecule has 4 rings (SSSR count). The van der Waals surface area contributed by atoms with Crippen molar-refractivity contribution in [3.8, 4) is 0 Å². The lowest BCUT2D eigenvalue weighted by atomic mass is 9.46. The van der Waals surface area contributed by atoms with E-state index >= 15 is 0 Å². The van der Waals surface area contributed by atoms with Crippen LogP contribution in [0.25, 0.3) is 0 Å². The number of fused-ring (bicyclic) bond motifs is 5. The van der Waals surface area contributed by atoms with E-state index in [-0.39, 0.29) is 22.6 Å². The Morgan fingerprint density at radius 1 is 1.04 bits per heavy atom. The Kier molecular flexibility index (Phi) is 4.45. The van der Waals surface area contributed by atoms with Crippen LogP contribution in [0.3, 0.4) is 0 Å². The van der Waals surface area contributed by atoms with Gasteiger partial charge in [-0.05, 0) is 75.5 Å². The second-order valence-corrected chi connectivity index (χ2v) is 10.4. The van der Waals surface area contributed by atoms with Crippen LogP contribution in [0.15, 0.2) is 11.1 Å². The minimum atomic E-state index is -0.962. The lowest BCUT2D eigenvalue weighted by molar-refractivity contribution is -0.186. The predicted octanol–water partition coefficient (Wildman–Crippen LogP) is 4.80. The molecular formula is C24H34O4. The fraction of sp³-hybridized carbons (Fsp3) is 0.792. The second-order valence-electron chi connectivity index (χ2n) is 10.4. The lowest BCUT2D eigenvalue weighted by Gasteiger charge is -2.59. The standard InChI is InChI=1S/C24H34O4/c1-14-12-18-19(22(4)9-6-17(27)13-21(14)22)7-10-23(5)20(18)8-11-24(23,15(2)25)28-16(3)26/h18-20H,6-13H2,1-5H3/t18?,19?,20?,22-,23+,24?/m1/s1. The highest BCUT2D eigenvalue weighted by Crippen LogP contribution is 2.68. The van der Waals surface area contributed by atoms with Crippen LogP contribution in [0.5, 0.6) is 0 Å². The van der Waals surface area contributed by atoms with Crippen LogP contribution in [0.1, 0.15) is 86.0 Å². The Morgan fingerprint density at radius 2 is 1.71 bits per heavy atom. The number of carbonyl (C=O) groups is 3. The van der Waals surface area contributed by atoms with E-state index in [2.05, 4.69) is 20.8 Å². The van der Waals surface area contributed by atoms with Crippen molar-refractivity contribution in [3.63, 3.8) is 0 Å². The highest BCUT2D eigenvalue weighted by Gasteiger charge is 2.67. The molecule has 0 bridgehead atoms. The molecule has 0 N–H and O–H groups in total. The van der Waals surface area contributed by atoms with Gasteiger partial charge in [-0.15, -0.1) is 0 Å². The number of ketones is 2. The Labute approximate surface area is 168 Å². The molecule has 0 aromatic heterocycles. The number of allylic oxidation sites excluding steroid dienone is 2. The van der Waals surface area contributed by atoms with Gasteiger partial charge in [0.1, 0.15) is 5.78 Å². The van der Waals surface area contributed by atoms with Crippen LogP contribution >= 0.6 is 0 Å². The van der Waals surface area contributed by atoms with E-state index in [1.165, 1.54) is 18.1 Å². The summed E-state index contributed by atoms with van der Waals surface area (Å²) in [5.41, 5.74) is 1.67. The Bertz CT molecular complexity index is 779. The number of ether oxygens (including phenoxy) is 1. The summed E-state index contributed by atoms with van der Waals surface area (Å²) in [6, 6.07) is 0. The van der Waals surface area contributed by atoms with Crippen molar-refractivity contribution in [1.29, 1.82) is 0 Å². The smallest absolute Gasteiger partial charge is 0.303 e. The van der Waals surface area contributed by atoms with Gasteiger partial charge in [0.15, 0.2) is 11.4 Å². The third-order valence-electron chi connectivity index (χ3n) is 9.31. The third kappa shape index (κ3) is 2.45. The van der Waals surface area contributed by atoms with Gasteiger partial charge in [-0.3, -0.25) is 14.4 Å². The first-order valence-electron chi connectivity index (χ1n) is 11.0. The van der Waals surface area contributed by atoms with Crippen LogP contribution in [0, 0.1) is 28.6 Å². The Morgan fingerprint density at radius 3 is 2.36 bits per heavy atom. The minimum absolute atomic E-state index is 0.00406. The average Bonchev–Trinajstić information content (AvgIpc) is 2.90. The van der Waals surface area contributed by atoms with Gasteiger partial charge in [-0.25, -0.2) is 0 Å². The SMILES string of the molecule is CC(=O)OC1(C(C)=O)CCC2C3CC(C)=C4CC(=O)CC[C@]4(C)C3CC[C@@]21C. The van der Waals surface area contributed by atoms with Gasteiger partial charge in [0.2, 0.25) is 0 Å². The number of carbonyl (C=O) groups excluding carboxylic acids is 3. The van der Waals surface area contributed by atoms with E-state index < -0.39 is 5.60 Å². The van der Waals surface area contributed by atoms with E-state index in [9.17, 15) is 14.4 Å². The fourth-order valence-corrected chi connectivity index (χ4v) is 7.99. The molecule has 3 saturated carbocycles. The summed E-state index contributed by atoms with van der Waals surface area (Å²) >= 11 is 0. The Hall–Kier alpha value is -1.45. The van der Waals surface area contributed by atoms with Crippen LogP contribution < -0.4 is 0 Å². The number of hydrogen-bond acceptors (Lipinski definition) is 4. The van der Waals surface area contributed by atoms with Crippen molar-refractivity contribution in [1.82, 2.24) is 0 Å². The van der Waals surface area contributed by atoms with Gasteiger partial charge in [0, 0.05) is 25.2 Å². The van der Waals surface area contributed by atoms with Crippen LogP contribution in [0.2, 0.25) is 0 Å². The molecule has 0 aromatic carbocycles. The second kappa shape index (κ2) is 6.27. The van der Waals surface area contributed by atoms with E-state index in [0.29, 0.717) is 42.8 Å². The zero-order chi connectivity index (χ0) is 20.5. The summed E-state index contributed by atoms with van der Waals surface area (Å²) in [6.45, 7) is 9.82. The van der Waals surface area contributed by atoms with Crippen molar-refractivity contribution in [3.05, 3.63) is 11.1 Å². The molecule has 4 heteroatoms. The molecule has 4 unspecified atom stereocenters. The highest BCUT2D eigenvalue weighted by atomic mass is 16.6. The maximum Gasteiger partial charge on any atom is 0.303 e. The molecule has 6 atom stereocenters. The summed E-state index contributed by atoms with van der Waals surface area (Å²) in [4.78, 5) is 36.8. The van der Waals surface area contributed by atoms with Crippen molar-refractivity contribution in [2.45, 2.75) is 91.6 Å². The quantitative estimate of drug-likeness (QED) is 0.505. The maximum atomic E-state index is 12.8. The highest BCUT2D eigenvalue weighted by molar-refractivity contribution is 5.89. The van der Waals surface area contributed by atoms with E-state index in [0.717, 1.165) is 32.1 Å². The van der Waals surface area contributed by atoms with E-state index in [1.54, 1.807) is 6.92 Å². The summed E-state index contributed by atoms with van der Waals surface area (Å²) in [5, 5.41) is 0. The summed E-state index contributed by atoms with van der Waals surface area (Å²) in [5.74, 6) is 1.51. The molecule has 0 radical (unpaired) electrons. The summed E-state index contributed by atoms with van der Waals surface area (Å²) in [6.07, 6.45) is 6.89. The molecule has 3 fully saturated rings. The van der Waals surface area contributed by atoms with Gasteiger partial charge in [-0.1, -0.05) is 25.0 Å². The first-order chi connectivity index (χ1) is 13.0. The summed E-state index contributed by atoms with van der Waals surface area (Å²) in [7, 11) is 0. The normalized spacial score (nSPS) is 45.2. The van der Waals surface area contributed by atoms with Crippen molar-refractivity contribution in [2.24, 2.45) is 28.6 Å². The molecule has 154 valence electrons. The van der Waals surface area contributed by atoms with Gasteiger partial charge in [0.25, 0.3) is 0 Å². The first-order valence-corrected chi connectivity index (χ1v) is 11.0. The van der Waals surface area contributed by atoms with Crippen LogP contribution in [-0.4, -0.2) is 23.1 Å². The number of Topliss-reactive ketones (excluding diaryl/α,β-unsaturated/α-hetero) is 2. The zero-order valence-electron chi connectivity index (χ0n) is 18.0. The number of hydrogen-bond donors (Lipinski definition) is 0. The molecule has 28 heavy (non-hydrogen) atoms. The van der Waals surface area contributed by atoms with Crippen molar-refractivity contribution < 1.29 is 19.1 Å². The van der Waals surface area contributed by atoms with Gasteiger partial charge in [0.05, 0.1) is 0 Å². The largest absolute Gasteiger partial charge is 0.451 e. The van der Waals surface area contributed by atoms with Crippen molar-refractivity contribution >= 4 is 17.5 Å². The van der Waals surface area contributed by atoms with Gasteiger partial charge >= 0.3 is 5.97 Å². The van der Waals surface area contributed by atoms with E-state index in [1.807, 2.05) is 0 Å². The molecule has 0 aromatic rings. The molecule has 0 saturated heterocycles. The Balaban J connectivity index is 1.74. The summed E-state index contributed by atoms with van der Waals surface area (Å²) < 4.78 is 5.84. The monoisotopic (exact) mass is 386 g/mol. The molecule has 4 aliphatic carbocycles. The molecule has 4 aliphatic rings. The number of rotatable bonds is 2. The molecule has 0 spiro atoms. The van der Waals surface area contributed by atoms with Crippen molar-refractivity contribution in [2.75, 3.05) is 0 Å². The lowest BCUT2D eigenvalue weighted by Crippen LogP contribution is -2.58. The molecule has 4 nitrogen and oxygen atoms in total. The predicted molar refractivity (Wildman–Crippen MR) is 107 cm³/mol. The van der Waals surface area contributed by atoms with Gasteiger partial charge in [-0.2, -0.15) is 0 Å². The fourth-order valence-electron chi connectivity index (χ4n) is 7.99. The topological polar surface area (TPSA) is 60.4 Å². The third-order valence-corrected chi connectivity index (χ3v) is 9.31. The van der Waals surface area contributed by atoms with Crippen LogP contribution in [-0.2, 0) is 19.1 Å². The average molecular weight is 387 g/mol. The number of esters is 1. The minimum Gasteiger partial charge on any atom is -0.451 e. The zero-order valence-corrected chi connectivity index (χ0v) is 18.0. The van der Waals surface area contributed by atoms with Gasteiger partial charge < -0.3 is 4.74 Å². The molecular weight excluding hydrogens is 352 g/mol. The first kappa shape index (κ1) is 19.8. The molecule has 0 heterocycles. The maximum absolute atomic E-state index is 12.8. The van der Waals surface area contributed by atoms with E-state index in [4.69, 9.17) is 4.74 Å². The molecule has 0 amide bonds. The molecule has 0 aliphatic heterocycles.